The van der Waals surface area contributed by atoms with E-state index < -0.39 is 0 Å². The summed E-state index contributed by atoms with van der Waals surface area (Å²) in [6, 6.07) is 24.3. The van der Waals surface area contributed by atoms with E-state index in [1.54, 1.807) is 0 Å². The van der Waals surface area contributed by atoms with Crippen molar-refractivity contribution in [2.24, 2.45) is 0 Å². The van der Waals surface area contributed by atoms with Crippen molar-refractivity contribution in [1.82, 2.24) is 0 Å². The highest BCUT2D eigenvalue weighted by molar-refractivity contribution is 6.17. The third-order valence-corrected chi connectivity index (χ3v) is 6.19. The first-order valence-corrected chi connectivity index (χ1v) is 10.3. The Labute approximate surface area is 170 Å². The van der Waals surface area contributed by atoms with Crippen LogP contribution in [0.25, 0.3) is 5.57 Å². The van der Waals surface area contributed by atoms with Crippen LogP contribution in [0, 0.1) is 0 Å². The molecule has 0 bridgehead atoms. The number of Topliss-reactive ketones (excluding diaryl/α,β-unsaturated/α-hetero) is 2. The highest BCUT2D eigenvalue weighted by Gasteiger charge is 2.29. The standard InChI is InChI=1S/C18H14O.C9H8O/c19-18-15-8-4-2-6-13(15)11-17(18)16-10-9-12-5-1-3-7-14(12)16;10-9-6-5-7-3-1-2-4-8(7)9/h1-8H,9-11H2;1-4H,5-6H2/b17-16-;. The predicted molar refractivity (Wildman–Crippen MR) is 115 cm³/mol. The maximum atomic E-state index is 12.5. The molecule has 0 aromatic heterocycles. The van der Waals surface area contributed by atoms with Gasteiger partial charge in [0.15, 0.2) is 11.6 Å². The molecule has 0 spiro atoms. The second-order valence-corrected chi connectivity index (χ2v) is 7.86. The lowest BCUT2D eigenvalue weighted by molar-refractivity contribution is 0.0993. The minimum Gasteiger partial charge on any atom is -0.294 e. The minimum absolute atomic E-state index is 0.238. The predicted octanol–water partition coefficient (Wildman–Crippen LogP) is 5.64. The summed E-state index contributed by atoms with van der Waals surface area (Å²) in [6.45, 7) is 0. The Bertz CT molecular complexity index is 1170. The molecule has 0 amide bonds. The first-order valence-electron chi connectivity index (χ1n) is 10.3. The van der Waals surface area contributed by atoms with Gasteiger partial charge >= 0.3 is 0 Å². The van der Waals surface area contributed by atoms with Crippen LogP contribution in [0.5, 0.6) is 0 Å². The van der Waals surface area contributed by atoms with Crippen molar-refractivity contribution in [3.8, 4) is 0 Å². The topological polar surface area (TPSA) is 34.1 Å². The van der Waals surface area contributed by atoms with E-state index in [1.165, 1.54) is 27.8 Å². The lowest BCUT2D eigenvalue weighted by Crippen LogP contribution is -1.98. The molecular weight excluding hydrogens is 356 g/mol. The molecule has 0 saturated carbocycles. The van der Waals surface area contributed by atoms with E-state index in [1.807, 2.05) is 42.5 Å². The van der Waals surface area contributed by atoms with Crippen molar-refractivity contribution in [3.05, 3.63) is 112 Å². The van der Waals surface area contributed by atoms with Crippen LogP contribution in [0.4, 0.5) is 0 Å². The monoisotopic (exact) mass is 378 g/mol. The molecule has 3 aliphatic rings. The Kier molecular flexibility index (Phi) is 4.48. The highest BCUT2D eigenvalue weighted by atomic mass is 16.1. The number of fused-ring (bicyclic) bond motifs is 3. The minimum atomic E-state index is 0.238. The fourth-order valence-electron chi connectivity index (χ4n) is 4.71. The summed E-state index contributed by atoms with van der Waals surface area (Å²) in [4.78, 5) is 23.6. The molecule has 2 heteroatoms. The average molecular weight is 378 g/mol. The maximum absolute atomic E-state index is 12.5. The van der Waals surface area contributed by atoms with Crippen molar-refractivity contribution in [2.75, 3.05) is 0 Å². The molecule has 0 atom stereocenters. The number of allylic oxidation sites excluding steroid dienone is 2. The quantitative estimate of drug-likeness (QED) is 0.474. The van der Waals surface area contributed by atoms with Crippen LogP contribution < -0.4 is 0 Å². The number of aryl methyl sites for hydroxylation is 2. The van der Waals surface area contributed by atoms with Crippen molar-refractivity contribution < 1.29 is 9.59 Å². The third-order valence-electron chi connectivity index (χ3n) is 6.19. The number of hydrogen-bond acceptors (Lipinski definition) is 2. The first-order chi connectivity index (χ1) is 14.2. The normalized spacial score (nSPS) is 18.8. The molecule has 0 fully saturated rings. The van der Waals surface area contributed by atoms with E-state index in [9.17, 15) is 9.59 Å². The Morgan fingerprint density at radius 1 is 0.483 bits per heavy atom. The maximum Gasteiger partial charge on any atom is 0.189 e. The fraction of sp³-hybridized carbons (Fsp3) is 0.185. The van der Waals surface area contributed by atoms with Crippen molar-refractivity contribution >= 4 is 17.1 Å². The number of carbonyl (C=O) groups excluding carboxylic acids is 2. The summed E-state index contributed by atoms with van der Waals surface area (Å²) in [5, 5.41) is 0. The van der Waals surface area contributed by atoms with E-state index in [-0.39, 0.29) is 5.78 Å². The first kappa shape index (κ1) is 17.8. The molecule has 6 rings (SSSR count). The van der Waals surface area contributed by atoms with E-state index in [4.69, 9.17) is 0 Å². The largest absolute Gasteiger partial charge is 0.294 e. The lowest BCUT2D eigenvalue weighted by Gasteiger charge is -2.04. The molecular formula is C27H22O2. The molecule has 2 nitrogen and oxygen atoms in total. The summed E-state index contributed by atoms with van der Waals surface area (Å²) >= 11 is 0. The number of hydrogen-bond donors (Lipinski definition) is 0. The average Bonchev–Trinajstić information content (AvgIpc) is 3.45. The van der Waals surface area contributed by atoms with Crippen LogP contribution in [0.1, 0.15) is 55.8 Å². The SMILES string of the molecule is O=C1/C(=C2/CCc3ccccc32)Cc2ccccc21.O=C1CCc2ccccc21. The zero-order valence-electron chi connectivity index (χ0n) is 16.3. The molecule has 3 aliphatic carbocycles. The van der Waals surface area contributed by atoms with Gasteiger partial charge in [-0.3, -0.25) is 9.59 Å². The van der Waals surface area contributed by atoms with Crippen LogP contribution >= 0.6 is 0 Å². The van der Waals surface area contributed by atoms with E-state index in [0.29, 0.717) is 12.2 Å². The van der Waals surface area contributed by atoms with Gasteiger partial charge in [0.1, 0.15) is 0 Å². The highest BCUT2D eigenvalue weighted by Crippen LogP contribution is 2.39. The summed E-state index contributed by atoms with van der Waals surface area (Å²) in [5.74, 6) is 0.540. The molecule has 0 radical (unpaired) electrons. The Hall–Kier alpha value is -3.26. The van der Waals surface area contributed by atoms with Crippen LogP contribution in [0.3, 0.4) is 0 Å². The van der Waals surface area contributed by atoms with Gasteiger partial charge in [-0.25, -0.2) is 0 Å². The molecule has 0 aliphatic heterocycles. The van der Waals surface area contributed by atoms with Crippen molar-refractivity contribution in [3.63, 3.8) is 0 Å². The van der Waals surface area contributed by atoms with Crippen LogP contribution in [0.2, 0.25) is 0 Å². The summed E-state index contributed by atoms with van der Waals surface area (Å²) < 4.78 is 0. The molecule has 142 valence electrons. The second-order valence-electron chi connectivity index (χ2n) is 7.86. The van der Waals surface area contributed by atoms with Gasteiger partial charge in [0, 0.05) is 29.5 Å². The number of benzene rings is 3. The van der Waals surface area contributed by atoms with Gasteiger partial charge in [-0.2, -0.15) is 0 Å². The zero-order chi connectivity index (χ0) is 19.8. The van der Waals surface area contributed by atoms with E-state index in [0.717, 1.165) is 42.4 Å². The molecule has 0 unspecified atom stereocenters. The summed E-state index contributed by atoms with van der Waals surface area (Å²) in [5.41, 5.74) is 9.19. The Balaban J connectivity index is 0.000000153. The molecule has 3 aromatic rings. The second kappa shape index (κ2) is 7.29. The van der Waals surface area contributed by atoms with Crippen LogP contribution in [-0.4, -0.2) is 11.6 Å². The molecule has 3 aromatic carbocycles. The Morgan fingerprint density at radius 2 is 1.03 bits per heavy atom. The summed E-state index contributed by atoms with van der Waals surface area (Å²) in [7, 11) is 0. The number of carbonyl (C=O) groups is 2. The zero-order valence-corrected chi connectivity index (χ0v) is 16.3. The van der Waals surface area contributed by atoms with Gasteiger partial charge in [-0.05, 0) is 47.1 Å². The van der Waals surface area contributed by atoms with Gasteiger partial charge in [-0.15, -0.1) is 0 Å². The van der Waals surface area contributed by atoms with E-state index in [2.05, 4.69) is 30.3 Å². The fourth-order valence-corrected chi connectivity index (χ4v) is 4.71. The van der Waals surface area contributed by atoms with Crippen LogP contribution in [-0.2, 0) is 19.3 Å². The molecule has 0 N–H and O–H groups in total. The lowest BCUT2D eigenvalue weighted by atomic mass is 9.99. The molecule has 0 heterocycles. The number of ketones is 2. The molecule has 29 heavy (non-hydrogen) atoms. The van der Waals surface area contributed by atoms with Gasteiger partial charge in [-0.1, -0.05) is 72.8 Å². The summed E-state index contributed by atoms with van der Waals surface area (Å²) in [6.07, 6.45) is 4.53. The van der Waals surface area contributed by atoms with E-state index >= 15 is 0 Å². The number of rotatable bonds is 0. The smallest absolute Gasteiger partial charge is 0.189 e. The third kappa shape index (κ3) is 3.15. The van der Waals surface area contributed by atoms with Crippen molar-refractivity contribution in [2.45, 2.75) is 32.1 Å². The van der Waals surface area contributed by atoms with Crippen molar-refractivity contribution in [1.29, 1.82) is 0 Å². The van der Waals surface area contributed by atoms with Crippen LogP contribution in [0.15, 0.2) is 78.4 Å². The van der Waals surface area contributed by atoms with Gasteiger partial charge in [0.05, 0.1) is 0 Å². The molecule has 0 saturated heterocycles. The van der Waals surface area contributed by atoms with Gasteiger partial charge in [0.2, 0.25) is 0 Å². The van der Waals surface area contributed by atoms with Gasteiger partial charge in [0.25, 0.3) is 0 Å². The van der Waals surface area contributed by atoms with Gasteiger partial charge < -0.3 is 0 Å². The Morgan fingerprint density at radius 3 is 1.72 bits per heavy atom.